The number of hydrogen-bond donors (Lipinski definition) is 1. The summed E-state index contributed by atoms with van der Waals surface area (Å²) in [5.74, 6) is 0.365. The first-order valence-electron chi connectivity index (χ1n) is 6.24. The van der Waals surface area contributed by atoms with Crippen LogP contribution in [0.3, 0.4) is 0 Å². The second-order valence-electron chi connectivity index (χ2n) is 4.19. The number of benzene rings is 1. The molecule has 1 heterocycles. The molecule has 1 N–H and O–H groups in total. The van der Waals surface area contributed by atoms with Crippen LogP contribution in [0.25, 0.3) is 0 Å². The third kappa shape index (κ3) is 4.34. The fraction of sp³-hybridized carbons (Fsp3) is 0.286. The SMILES string of the molecule is COC(=O)CCc1csc(Nc2ccc(Cl)c(OC)c2)n1. The van der Waals surface area contributed by atoms with Gasteiger partial charge >= 0.3 is 5.97 Å². The predicted octanol–water partition coefficient (Wildman–Crippen LogP) is 3.65. The fourth-order valence-corrected chi connectivity index (χ4v) is 2.63. The molecule has 0 saturated carbocycles. The molecule has 0 bridgehead atoms. The predicted molar refractivity (Wildman–Crippen MR) is 83.7 cm³/mol. The number of thiazole rings is 1. The number of carbonyl (C=O) groups excluding carboxylic acids is 1. The molecule has 0 fully saturated rings. The van der Waals surface area contributed by atoms with Crippen LogP contribution in [0, 0.1) is 0 Å². The van der Waals surface area contributed by atoms with E-state index in [-0.39, 0.29) is 5.97 Å². The van der Waals surface area contributed by atoms with E-state index in [9.17, 15) is 4.79 Å². The van der Waals surface area contributed by atoms with E-state index in [2.05, 4.69) is 15.0 Å². The molecule has 0 unspecified atom stereocenters. The highest BCUT2D eigenvalue weighted by Gasteiger charge is 2.07. The molecule has 2 rings (SSSR count). The molecule has 0 saturated heterocycles. The summed E-state index contributed by atoms with van der Waals surface area (Å²) >= 11 is 7.45. The van der Waals surface area contributed by atoms with Crippen molar-refractivity contribution in [3.05, 3.63) is 34.3 Å². The molecule has 2 aromatic rings. The number of rotatable bonds is 6. The highest BCUT2D eigenvalue weighted by Crippen LogP contribution is 2.29. The maximum Gasteiger partial charge on any atom is 0.305 e. The Morgan fingerprint density at radius 2 is 2.24 bits per heavy atom. The zero-order valence-electron chi connectivity index (χ0n) is 11.7. The Kier molecular flexibility index (Phi) is 5.41. The highest BCUT2D eigenvalue weighted by molar-refractivity contribution is 7.13. The van der Waals surface area contributed by atoms with Crippen LogP contribution in [0.5, 0.6) is 5.75 Å². The molecule has 112 valence electrons. The van der Waals surface area contributed by atoms with Crippen molar-refractivity contribution in [2.24, 2.45) is 0 Å². The van der Waals surface area contributed by atoms with Crippen LogP contribution in [-0.4, -0.2) is 25.2 Å². The third-order valence-corrected chi connectivity index (χ3v) is 3.89. The molecule has 7 heteroatoms. The Bertz CT molecular complexity index is 630. The molecule has 0 aliphatic carbocycles. The number of aromatic nitrogens is 1. The maximum atomic E-state index is 11.1. The van der Waals surface area contributed by atoms with Gasteiger partial charge in [0.15, 0.2) is 5.13 Å². The topological polar surface area (TPSA) is 60.5 Å². The van der Waals surface area contributed by atoms with Crippen molar-refractivity contribution in [1.29, 1.82) is 0 Å². The summed E-state index contributed by atoms with van der Waals surface area (Å²) < 4.78 is 9.77. The van der Waals surface area contributed by atoms with Crippen LogP contribution < -0.4 is 10.1 Å². The van der Waals surface area contributed by atoms with Gasteiger partial charge in [0, 0.05) is 23.6 Å². The lowest BCUT2D eigenvalue weighted by molar-refractivity contribution is -0.140. The van der Waals surface area contributed by atoms with Crippen molar-refractivity contribution in [2.45, 2.75) is 12.8 Å². The van der Waals surface area contributed by atoms with Gasteiger partial charge in [-0.3, -0.25) is 4.79 Å². The van der Waals surface area contributed by atoms with E-state index in [1.165, 1.54) is 18.4 Å². The first kappa shape index (κ1) is 15.6. The molecular weight excluding hydrogens is 312 g/mol. The van der Waals surface area contributed by atoms with Gasteiger partial charge in [0.25, 0.3) is 0 Å². The lowest BCUT2D eigenvalue weighted by atomic mass is 10.2. The molecule has 5 nitrogen and oxygen atoms in total. The molecule has 21 heavy (non-hydrogen) atoms. The molecule has 0 aliphatic rings. The Morgan fingerprint density at radius 1 is 1.43 bits per heavy atom. The lowest BCUT2D eigenvalue weighted by Gasteiger charge is -2.06. The number of aryl methyl sites for hydroxylation is 1. The zero-order valence-corrected chi connectivity index (χ0v) is 13.3. The standard InChI is InChI=1S/C14H15ClN2O3S/c1-19-12-7-9(3-5-11(12)15)16-14-17-10(8-21-14)4-6-13(18)20-2/h3,5,7-8H,4,6H2,1-2H3,(H,16,17). The van der Waals surface area contributed by atoms with Crippen LogP contribution in [0.1, 0.15) is 12.1 Å². The summed E-state index contributed by atoms with van der Waals surface area (Å²) in [7, 11) is 2.95. The minimum Gasteiger partial charge on any atom is -0.495 e. The minimum absolute atomic E-state index is 0.236. The molecule has 0 radical (unpaired) electrons. The van der Waals surface area contributed by atoms with E-state index in [1.807, 2.05) is 11.4 Å². The number of nitrogens with one attached hydrogen (secondary N) is 1. The van der Waals surface area contributed by atoms with E-state index in [0.29, 0.717) is 23.6 Å². The highest BCUT2D eigenvalue weighted by atomic mass is 35.5. The Morgan fingerprint density at radius 3 is 2.95 bits per heavy atom. The molecule has 0 amide bonds. The third-order valence-electron chi connectivity index (χ3n) is 2.77. The summed E-state index contributed by atoms with van der Waals surface area (Å²) in [4.78, 5) is 15.5. The van der Waals surface area contributed by atoms with Gasteiger partial charge < -0.3 is 14.8 Å². The molecule has 0 spiro atoms. The minimum atomic E-state index is -0.236. The molecule has 1 aromatic carbocycles. The van der Waals surface area contributed by atoms with Gasteiger partial charge in [0.2, 0.25) is 0 Å². The number of carbonyl (C=O) groups is 1. The van der Waals surface area contributed by atoms with E-state index in [0.717, 1.165) is 16.5 Å². The summed E-state index contributed by atoms with van der Waals surface area (Å²) in [5, 5.41) is 6.40. The second kappa shape index (κ2) is 7.28. The summed E-state index contributed by atoms with van der Waals surface area (Å²) in [5.41, 5.74) is 1.69. The number of nitrogens with zero attached hydrogens (tertiary/aromatic N) is 1. The number of ether oxygens (including phenoxy) is 2. The summed E-state index contributed by atoms with van der Waals surface area (Å²) in [6.07, 6.45) is 0.892. The van der Waals surface area contributed by atoms with E-state index in [1.54, 1.807) is 19.2 Å². The average Bonchev–Trinajstić information content (AvgIpc) is 2.94. The first-order valence-corrected chi connectivity index (χ1v) is 7.50. The van der Waals surface area contributed by atoms with Gasteiger partial charge in [-0.25, -0.2) is 4.98 Å². The van der Waals surface area contributed by atoms with Gasteiger partial charge in [-0.15, -0.1) is 11.3 Å². The van der Waals surface area contributed by atoms with Crippen molar-refractivity contribution >= 4 is 39.7 Å². The van der Waals surface area contributed by atoms with Crippen molar-refractivity contribution < 1.29 is 14.3 Å². The second-order valence-corrected chi connectivity index (χ2v) is 5.46. The smallest absolute Gasteiger partial charge is 0.305 e. The van der Waals surface area contributed by atoms with E-state index in [4.69, 9.17) is 16.3 Å². The fourth-order valence-electron chi connectivity index (χ4n) is 1.67. The largest absolute Gasteiger partial charge is 0.495 e. The lowest BCUT2D eigenvalue weighted by Crippen LogP contribution is -2.02. The van der Waals surface area contributed by atoms with Crippen LogP contribution in [0.4, 0.5) is 10.8 Å². The van der Waals surface area contributed by atoms with Crippen molar-refractivity contribution in [3.63, 3.8) is 0 Å². The van der Waals surface area contributed by atoms with E-state index < -0.39 is 0 Å². The molecule has 0 atom stereocenters. The van der Waals surface area contributed by atoms with Crippen molar-refractivity contribution in [3.8, 4) is 5.75 Å². The van der Waals surface area contributed by atoms with Crippen LogP contribution in [0.15, 0.2) is 23.6 Å². The number of halogens is 1. The van der Waals surface area contributed by atoms with Crippen molar-refractivity contribution in [1.82, 2.24) is 4.98 Å². The summed E-state index contributed by atoms with van der Waals surface area (Å²) in [6.45, 7) is 0. The first-order chi connectivity index (χ1) is 10.1. The molecular formula is C14H15ClN2O3S. The number of methoxy groups -OCH3 is 2. The van der Waals surface area contributed by atoms with Gasteiger partial charge in [0.1, 0.15) is 5.75 Å². The van der Waals surface area contributed by atoms with Gasteiger partial charge in [0.05, 0.1) is 31.4 Å². The Balaban J connectivity index is 2.00. The quantitative estimate of drug-likeness (QED) is 0.821. The van der Waals surface area contributed by atoms with Crippen LogP contribution in [-0.2, 0) is 16.0 Å². The van der Waals surface area contributed by atoms with Gasteiger partial charge in [-0.2, -0.15) is 0 Å². The van der Waals surface area contributed by atoms with Crippen LogP contribution in [0.2, 0.25) is 5.02 Å². The molecule has 0 aliphatic heterocycles. The monoisotopic (exact) mass is 326 g/mol. The van der Waals surface area contributed by atoms with Gasteiger partial charge in [-0.05, 0) is 12.1 Å². The zero-order chi connectivity index (χ0) is 15.2. The normalized spacial score (nSPS) is 10.2. The number of hydrogen-bond acceptors (Lipinski definition) is 6. The maximum absolute atomic E-state index is 11.1. The van der Waals surface area contributed by atoms with E-state index >= 15 is 0 Å². The Hall–Kier alpha value is -1.79. The van der Waals surface area contributed by atoms with Gasteiger partial charge in [-0.1, -0.05) is 11.6 Å². The molecule has 1 aromatic heterocycles. The summed E-state index contributed by atoms with van der Waals surface area (Å²) in [6, 6.07) is 5.41. The van der Waals surface area contributed by atoms with Crippen molar-refractivity contribution in [2.75, 3.05) is 19.5 Å². The Labute approximate surface area is 131 Å². The number of esters is 1. The average molecular weight is 327 g/mol. The number of anilines is 2. The van der Waals surface area contributed by atoms with Crippen LogP contribution >= 0.6 is 22.9 Å².